The van der Waals surface area contributed by atoms with Crippen molar-refractivity contribution in [3.05, 3.63) is 47.0 Å². The Kier molecular flexibility index (Phi) is 6.64. The van der Waals surface area contributed by atoms with Crippen LogP contribution in [0.15, 0.2) is 24.3 Å². The van der Waals surface area contributed by atoms with Crippen molar-refractivity contribution in [3.63, 3.8) is 0 Å². The second-order valence-electron chi connectivity index (χ2n) is 6.51. The van der Waals surface area contributed by atoms with Crippen LogP contribution in [-0.2, 0) is 6.18 Å². The lowest BCUT2D eigenvalue weighted by atomic mass is 9.80. The molecule has 1 aromatic carbocycles. The van der Waals surface area contributed by atoms with Gasteiger partial charge in [-0.05, 0) is 55.7 Å². The van der Waals surface area contributed by atoms with Crippen LogP contribution in [0.25, 0.3) is 0 Å². The van der Waals surface area contributed by atoms with E-state index in [2.05, 4.69) is 18.8 Å². The lowest BCUT2D eigenvalue weighted by Crippen LogP contribution is -2.12. The molecule has 0 bridgehead atoms. The molecule has 0 saturated heterocycles. The molecule has 5 heteroatoms. The van der Waals surface area contributed by atoms with Crippen molar-refractivity contribution < 1.29 is 22.0 Å². The van der Waals surface area contributed by atoms with Crippen LogP contribution in [0, 0.1) is 35.3 Å². The molecule has 0 unspecified atom stereocenters. The van der Waals surface area contributed by atoms with Gasteiger partial charge in [0, 0.05) is 5.56 Å². The summed E-state index contributed by atoms with van der Waals surface area (Å²) in [6.07, 6.45) is 5.62. The first-order valence-electron chi connectivity index (χ1n) is 8.55. The fourth-order valence-corrected chi connectivity index (χ4v) is 3.30. The van der Waals surface area contributed by atoms with Gasteiger partial charge >= 0.3 is 6.18 Å². The zero-order valence-corrected chi connectivity index (χ0v) is 14.1. The quantitative estimate of drug-likeness (QED) is 0.428. The van der Waals surface area contributed by atoms with E-state index in [0.29, 0.717) is 18.1 Å². The molecule has 0 aliphatic heterocycles. The van der Waals surface area contributed by atoms with E-state index < -0.39 is 23.4 Å². The summed E-state index contributed by atoms with van der Waals surface area (Å²) in [5.41, 5.74) is -1.99. The van der Waals surface area contributed by atoms with Gasteiger partial charge in [-0.25, -0.2) is 8.78 Å². The molecule has 1 aromatic rings. The van der Waals surface area contributed by atoms with Gasteiger partial charge in [0.25, 0.3) is 0 Å². The molecule has 0 N–H and O–H groups in total. The highest BCUT2D eigenvalue weighted by atomic mass is 19.4. The van der Waals surface area contributed by atoms with Crippen LogP contribution in [0.2, 0.25) is 0 Å². The van der Waals surface area contributed by atoms with E-state index in [1.807, 2.05) is 6.08 Å². The number of hydrogen-bond acceptors (Lipinski definition) is 0. The van der Waals surface area contributed by atoms with Gasteiger partial charge < -0.3 is 0 Å². The van der Waals surface area contributed by atoms with Crippen molar-refractivity contribution in [1.29, 1.82) is 0 Å². The first-order chi connectivity index (χ1) is 11.8. The van der Waals surface area contributed by atoms with Gasteiger partial charge in [0.1, 0.15) is 17.2 Å². The van der Waals surface area contributed by atoms with Crippen molar-refractivity contribution in [2.45, 2.75) is 51.6 Å². The molecule has 0 nitrogen and oxygen atoms in total. The molecule has 2 rings (SSSR count). The molecule has 0 amide bonds. The summed E-state index contributed by atoms with van der Waals surface area (Å²) < 4.78 is 64.4. The Balaban J connectivity index is 1.98. The number of alkyl halides is 3. The highest BCUT2D eigenvalue weighted by Gasteiger charge is 2.37. The highest BCUT2D eigenvalue weighted by Crippen LogP contribution is 2.34. The molecular weight excluding hydrogens is 335 g/mol. The topological polar surface area (TPSA) is 0 Å². The predicted octanol–water partition coefficient (Wildman–Crippen LogP) is 6.50. The first-order valence-corrected chi connectivity index (χ1v) is 8.55. The maximum Gasteiger partial charge on any atom is 0.422 e. The van der Waals surface area contributed by atoms with Crippen LogP contribution >= 0.6 is 0 Å². The lowest BCUT2D eigenvalue weighted by Gasteiger charge is -2.26. The Bertz CT molecular complexity index is 645. The zero-order chi connectivity index (χ0) is 18.4. The number of benzene rings is 1. The van der Waals surface area contributed by atoms with Crippen molar-refractivity contribution in [2.75, 3.05) is 0 Å². The molecule has 136 valence electrons. The second kappa shape index (κ2) is 8.51. The normalized spacial score (nSPS) is 21.2. The van der Waals surface area contributed by atoms with Crippen LogP contribution in [0.5, 0.6) is 0 Å². The standard InChI is InChI=1S/C20H21F5/c1-2-5-14-8-10-15(11-9-14)6-3-4-7-16-12-17(21)19(18(22)13-16)20(23,24)25/h3,6,12-15H,2,5,8-11H2,1H3/b6-3+/t14-,15-. The van der Waals surface area contributed by atoms with Crippen molar-refractivity contribution in [2.24, 2.45) is 11.8 Å². The Morgan fingerprint density at radius 3 is 2.20 bits per heavy atom. The van der Waals surface area contributed by atoms with Gasteiger partial charge in [-0.2, -0.15) is 13.2 Å². The van der Waals surface area contributed by atoms with Gasteiger partial charge in [0.05, 0.1) is 0 Å². The van der Waals surface area contributed by atoms with E-state index >= 15 is 0 Å². The molecule has 0 aromatic heterocycles. The Labute approximate surface area is 145 Å². The lowest BCUT2D eigenvalue weighted by molar-refractivity contribution is -0.142. The molecular formula is C20H21F5. The summed E-state index contributed by atoms with van der Waals surface area (Å²) in [5, 5.41) is 0. The minimum atomic E-state index is -5.06. The SMILES string of the molecule is CCC[C@H]1CC[C@H](/C=C/C#Cc2cc(F)c(C(F)(F)F)c(F)c2)CC1. The van der Waals surface area contributed by atoms with Crippen LogP contribution in [0.3, 0.4) is 0 Å². The Morgan fingerprint density at radius 1 is 1.08 bits per heavy atom. The van der Waals surface area contributed by atoms with Crippen molar-refractivity contribution in [1.82, 2.24) is 0 Å². The van der Waals surface area contributed by atoms with Crippen molar-refractivity contribution in [3.8, 4) is 11.8 Å². The summed E-state index contributed by atoms with van der Waals surface area (Å²) in [4.78, 5) is 0. The number of allylic oxidation sites excluding steroid dienone is 2. The Hall–Kier alpha value is -1.83. The van der Waals surface area contributed by atoms with Crippen molar-refractivity contribution >= 4 is 0 Å². The molecule has 0 radical (unpaired) electrons. The summed E-state index contributed by atoms with van der Waals surface area (Å²) in [6, 6.07) is 1.23. The highest BCUT2D eigenvalue weighted by molar-refractivity contribution is 5.40. The number of halogens is 5. The first kappa shape index (κ1) is 19.5. The third-order valence-corrected chi connectivity index (χ3v) is 4.58. The maximum atomic E-state index is 13.5. The maximum absolute atomic E-state index is 13.5. The largest absolute Gasteiger partial charge is 0.422 e. The molecule has 1 aliphatic rings. The second-order valence-corrected chi connectivity index (χ2v) is 6.51. The molecule has 1 fully saturated rings. The number of rotatable bonds is 3. The van der Waals surface area contributed by atoms with E-state index in [4.69, 9.17) is 0 Å². The monoisotopic (exact) mass is 356 g/mol. The van der Waals surface area contributed by atoms with E-state index in [1.54, 1.807) is 6.08 Å². The minimum Gasteiger partial charge on any atom is -0.206 e. The zero-order valence-electron chi connectivity index (χ0n) is 14.1. The average molecular weight is 356 g/mol. The van der Waals surface area contributed by atoms with Gasteiger partial charge in [0.15, 0.2) is 0 Å². The van der Waals surface area contributed by atoms with Crippen LogP contribution in [-0.4, -0.2) is 0 Å². The molecule has 0 spiro atoms. The molecule has 0 heterocycles. The average Bonchev–Trinajstić information content (AvgIpc) is 2.51. The van der Waals surface area contributed by atoms with Crippen LogP contribution in [0.4, 0.5) is 22.0 Å². The number of hydrogen-bond donors (Lipinski definition) is 0. The van der Waals surface area contributed by atoms with Crippen LogP contribution in [0.1, 0.15) is 56.6 Å². The predicted molar refractivity (Wildman–Crippen MR) is 87.7 cm³/mol. The summed E-state index contributed by atoms with van der Waals surface area (Å²) in [7, 11) is 0. The summed E-state index contributed by atoms with van der Waals surface area (Å²) in [5.74, 6) is 3.11. The van der Waals surface area contributed by atoms with Gasteiger partial charge in [0.2, 0.25) is 0 Å². The molecule has 1 aliphatic carbocycles. The van der Waals surface area contributed by atoms with E-state index in [-0.39, 0.29) is 5.56 Å². The fourth-order valence-electron chi connectivity index (χ4n) is 3.30. The van der Waals surface area contributed by atoms with Gasteiger partial charge in [-0.15, -0.1) is 0 Å². The third kappa shape index (κ3) is 5.59. The van der Waals surface area contributed by atoms with Gasteiger partial charge in [-0.1, -0.05) is 37.7 Å². The molecule has 1 saturated carbocycles. The Morgan fingerprint density at radius 2 is 1.68 bits per heavy atom. The van der Waals surface area contributed by atoms with Gasteiger partial charge in [-0.3, -0.25) is 0 Å². The molecule has 25 heavy (non-hydrogen) atoms. The smallest absolute Gasteiger partial charge is 0.206 e. The van der Waals surface area contributed by atoms with E-state index in [9.17, 15) is 22.0 Å². The minimum absolute atomic E-state index is 0.112. The molecule has 0 atom stereocenters. The summed E-state index contributed by atoms with van der Waals surface area (Å²) >= 11 is 0. The van der Waals surface area contributed by atoms with E-state index in [1.165, 1.54) is 25.7 Å². The van der Waals surface area contributed by atoms with Crippen LogP contribution < -0.4 is 0 Å². The van der Waals surface area contributed by atoms with E-state index in [0.717, 1.165) is 18.8 Å². The third-order valence-electron chi connectivity index (χ3n) is 4.58. The fraction of sp³-hybridized carbons (Fsp3) is 0.500. The summed E-state index contributed by atoms with van der Waals surface area (Å²) in [6.45, 7) is 2.19.